The van der Waals surface area contributed by atoms with Gasteiger partial charge in [0.15, 0.2) is 18.0 Å². The lowest BCUT2D eigenvalue weighted by Gasteiger charge is -2.33. The number of ether oxygens (including phenoxy) is 4. The van der Waals surface area contributed by atoms with Crippen molar-refractivity contribution in [1.29, 1.82) is 0 Å². The van der Waals surface area contributed by atoms with E-state index in [0.29, 0.717) is 24.1 Å². The molecular weight excluding hydrogens is 752 g/mol. The molecule has 0 amide bonds. The number of carbonyl (C=O) groups is 3. The molecule has 20 heteroatoms. The maximum Gasteiger partial charge on any atom is 0.459 e. The van der Waals surface area contributed by atoms with Crippen LogP contribution in [0.25, 0.3) is 5.52 Å². The molecule has 0 spiro atoms. The number of esters is 3. The molecule has 2 aliphatic rings. The number of alkyl halides is 3. The summed E-state index contributed by atoms with van der Waals surface area (Å²) in [6.07, 6.45) is -5.94. The van der Waals surface area contributed by atoms with Gasteiger partial charge in [0.2, 0.25) is 0 Å². The van der Waals surface area contributed by atoms with Crippen molar-refractivity contribution in [1.82, 2.24) is 24.6 Å². The van der Waals surface area contributed by atoms with Crippen molar-refractivity contribution in [2.24, 2.45) is 5.92 Å². The van der Waals surface area contributed by atoms with Gasteiger partial charge in [-0.15, -0.1) is 0 Å². The lowest BCUT2D eigenvalue weighted by atomic mass is 9.96. The van der Waals surface area contributed by atoms with Crippen LogP contribution in [0.15, 0.2) is 48.8 Å². The Balaban J connectivity index is 1.36. The first-order valence-corrected chi connectivity index (χ1v) is 19.4. The van der Waals surface area contributed by atoms with Crippen molar-refractivity contribution in [3.8, 4) is 5.75 Å². The van der Waals surface area contributed by atoms with Crippen molar-refractivity contribution in [2.75, 3.05) is 38.6 Å². The van der Waals surface area contributed by atoms with E-state index in [-0.39, 0.29) is 50.0 Å². The number of nitrogens with one attached hydrogen (secondary N) is 1. The number of nitrogens with two attached hydrogens (primary N) is 1. The minimum atomic E-state index is -4.51. The molecular formula is C35H46F3N6O10P. The Bertz CT molecular complexity index is 1840. The predicted octanol–water partition coefficient (Wildman–Crippen LogP) is 4.78. The summed E-state index contributed by atoms with van der Waals surface area (Å²) >= 11 is 0. The molecule has 0 bridgehead atoms. The molecule has 0 radical (unpaired) electrons. The topological polar surface area (TPSA) is 195 Å². The molecule has 5 rings (SSSR count). The Morgan fingerprint density at radius 3 is 2.40 bits per heavy atom. The maximum absolute atomic E-state index is 14.5. The monoisotopic (exact) mass is 798 g/mol. The largest absolute Gasteiger partial charge is 0.464 e. The van der Waals surface area contributed by atoms with Gasteiger partial charge in [0, 0.05) is 12.8 Å². The zero-order valence-electron chi connectivity index (χ0n) is 30.9. The van der Waals surface area contributed by atoms with Crippen LogP contribution < -0.4 is 15.3 Å². The van der Waals surface area contributed by atoms with Crippen LogP contribution in [-0.4, -0.2) is 100 Å². The third-order valence-electron chi connectivity index (χ3n) is 9.27. The number of hydrogen-bond acceptors (Lipinski definition) is 14. The Hall–Kier alpha value is -4.29. The number of aromatic nitrogens is 3. The Morgan fingerprint density at radius 2 is 1.75 bits per heavy atom. The molecule has 1 aromatic carbocycles. The zero-order chi connectivity index (χ0) is 40.0. The lowest BCUT2D eigenvalue weighted by Crippen LogP contribution is -2.48. The van der Waals surface area contributed by atoms with E-state index < -0.39 is 74.9 Å². The van der Waals surface area contributed by atoms with Crippen LogP contribution >= 0.6 is 7.75 Å². The van der Waals surface area contributed by atoms with E-state index in [4.69, 9.17) is 33.7 Å². The summed E-state index contributed by atoms with van der Waals surface area (Å²) in [5.74, 6) is -1.92. The van der Waals surface area contributed by atoms with Gasteiger partial charge >= 0.3 is 31.8 Å². The summed E-state index contributed by atoms with van der Waals surface area (Å²) in [5.41, 5.74) is 5.22. The average molecular weight is 799 g/mol. The van der Waals surface area contributed by atoms with E-state index >= 15 is 0 Å². The molecule has 4 heterocycles. The van der Waals surface area contributed by atoms with Gasteiger partial charge in [-0.1, -0.05) is 32.0 Å². The fraction of sp³-hybridized carbons (Fsp3) is 0.571. The van der Waals surface area contributed by atoms with E-state index in [2.05, 4.69) is 15.2 Å². The number of nitrogens with zero attached hydrogens (tertiary/aromatic N) is 4. The molecule has 302 valence electrons. The summed E-state index contributed by atoms with van der Waals surface area (Å²) in [4.78, 5) is 44.1. The summed E-state index contributed by atoms with van der Waals surface area (Å²) in [5, 5.41) is 6.89. The second-order valence-electron chi connectivity index (χ2n) is 13.6. The molecule has 3 aromatic rings. The Morgan fingerprint density at radius 1 is 1.07 bits per heavy atom. The average Bonchev–Trinajstić information content (AvgIpc) is 3.69. The molecule has 16 nitrogen and oxygen atoms in total. The van der Waals surface area contributed by atoms with Gasteiger partial charge in [-0.25, -0.2) is 14.1 Å². The molecule has 3 N–H and O–H groups in total. The van der Waals surface area contributed by atoms with Crippen molar-refractivity contribution >= 4 is 37.0 Å². The van der Waals surface area contributed by atoms with Gasteiger partial charge in [-0.2, -0.15) is 23.4 Å². The minimum absolute atomic E-state index is 0.00975. The summed E-state index contributed by atoms with van der Waals surface area (Å²) < 4.78 is 89.9. The molecule has 55 heavy (non-hydrogen) atoms. The summed E-state index contributed by atoms with van der Waals surface area (Å²) in [7, 11) is -4.51. The summed E-state index contributed by atoms with van der Waals surface area (Å²) in [6.45, 7) is 4.89. The standard InChI is InChI=1S/C35H46F3N6O10P/c1-5-27(45)51-30-29(25-12-13-26-32(39)40-21-41-44(25)26)53-34(4,31(30)52-28(46)6-2)20-50-55(48,54-24-10-8-7-9-11-24)42-22(3)33(47)49-18-23-14-16-43(17-15-23)19-35(36,37)38/h7-13,21-23,29-31H,5-6,14-20H2,1-4H3,(H,42,48)(H2,39,40,41)/t22-,29-,30-,31-,34+,55+/m0/s1. The van der Waals surface area contributed by atoms with E-state index in [1.807, 2.05) is 0 Å². The molecule has 2 aliphatic heterocycles. The first kappa shape index (κ1) is 41.9. The number of rotatable bonds is 16. The van der Waals surface area contributed by atoms with E-state index in [1.165, 1.54) is 41.7 Å². The van der Waals surface area contributed by atoms with Gasteiger partial charge in [-0.3, -0.25) is 23.8 Å². The highest BCUT2D eigenvalue weighted by atomic mass is 31.2. The number of piperidine rings is 1. The normalized spacial score (nSPS) is 23.9. The fourth-order valence-corrected chi connectivity index (χ4v) is 7.93. The van der Waals surface area contributed by atoms with Crippen LogP contribution in [0.5, 0.6) is 5.75 Å². The number of likely N-dealkylation sites (tertiary alicyclic amines) is 1. The molecule has 2 aromatic heterocycles. The second-order valence-corrected chi connectivity index (χ2v) is 15.3. The van der Waals surface area contributed by atoms with Crippen LogP contribution in [0.2, 0.25) is 0 Å². The number of benzene rings is 1. The number of fused-ring (bicyclic) bond motifs is 1. The SMILES string of the molecule is CCC(=O)O[C@H]1[C@H](c2ccc3c(N)ncnn23)O[C@](C)(CO[P@](=O)(N[C@@H](C)C(=O)OCC2CCN(CC(F)(F)F)CC2)Oc2ccccc2)[C@H]1OC(=O)CC. The first-order valence-electron chi connectivity index (χ1n) is 17.9. The van der Waals surface area contributed by atoms with Gasteiger partial charge in [-0.05, 0) is 70.0 Å². The van der Waals surface area contributed by atoms with Crippen LogP contribution in [0, 0.1) is 5.92 Å². The van der Waals surface area contributed by atoms with Gasteiger partial charge in [0.05, 0.1) is 25.5 Å². The number of carbonyl (C=O) groups excluding carboxylic acids is 3. The van der Waals surface area contributed by atoms with Gasteiger partial charge in [0.1, 0.15) is 35.3 Å². The fourth-order valence-electron chi connectivity index (χ4n) is 6.34. The molecule has 2 saturated heterocycles. The van der Waals surface area contributed by atoms with Gasteiger partial charge < -0.3 is 29.2 Å². The van der Waals surface area contributed by atoms with Crippen LogP contribution in [0.4, 0.5) is 19.0 Å². The third-order valence-corrected chi connectivity index (χ3v) is 10.9. The number of nitrogen functional groups attached to an aromatic ring is 1. The van der Waals surface area contributed by atoms with Crippen LogP contribution in [0.1, 0.15) is 65.2 Å². The van der Waals surface area contributed by atoms with Gasteiger partial charge in [0.25, 0.3) is 0 Å². The Kier molecular flexibility index (Phi) is 13.4. The minimum Gasteiger partial charge on any atom is -0.464 e. The van der Waals surface area contributed by atoms with Crippen molar-refractivity contribution < 1.29 is 60.1 Å². The van der Waals surface area contributed by atoms with Crippen molar-refractivity contribution in [2.45, 2.75) is 89.5 Å². The number of anilines is 1. The lowest BCUT2D eigenvalue weighted by molar-refractivity contribution is -0.171. The highest BCUT2D eigenvalue weighted by Gasteiger charge is 2.59. The van der Waals surface area contributed by atoms with Crippen LogP contribution in [0.3, 0.4) is 0 Å². The molecule has 0 unspecified atom stereocenters. The Labute approximate surface area is 315 Å². The summed E-state index contributed by atoms with van der Waals surface area (Å²) in [6, 6.07) is 10.1. The molecule has 2 fully saturated rings. The molecule has 0 aliphatic carbocycles. The van der Waals surface area contributed by atoms with E-state index in [0.717, 1.165) is 0 Å². The first-order chi connectivity index (χ1) is 26.0. The second kappa shape index (κ2) is 17.7. The molecule has 6 atom stereocenters. The predicted molar refractivity (Wildman–Crippen MR) is 189 cm³/mol. The number of halogens is 3. The quantitative estimate of drug-likeness (QED) is 0.114. The van der Waals surface area contributed by atoms with Crippen molar-refractivity contribution in [3.05, 3.63) is 54.5 Å². The molecule has 0 saturated carbocycles. The van der Waals surface area contributed by atoms with E-state index in [1.54, 1.807) is 44.2 Å². The van der Waals surface area contributed by atoms with Crippen LogP contribution in [-0.2, 0) is 42.4 Å². The highest BCUT2D eigenvalue weighted by molar-refractivity contribution is 7.52. The van der Waals surface area contributed by atoms with E-state index in [9.17, 15) is 32.1 Å². The highest BCUT2D eigenvalue weighted by Crippen LogP contribution is 2.50. The maximum atomic E-state index is 14.5. The number of para-hydroxylation sites is 1. The smallest absolute Gasteiger partial charge is 0.459 e. The number of hydrogen-bond donors (Lipinski definition) is 2. The zero-order valence-corrected chi connectivity index (χ0v) is 31.8. The van der Waals surface area contributed by atoms with Crippen molar-refractivity contribution in [3.63, 3.8) is 0 Å². The third kappa shape index (κ3) is 10.7.